The van der Waals surface area contributed by atoms with Crippen LogP contribution in [0.2, 0.25) is 0 Å². The van der Waals surface area contributed by atoms with E-state index in [2.05, 4.69) is 15.0 Å². The molecule has 116 valence electrons. The number of alkyl carbamates (subject to hydrolysis) is 1. The van der Waals surface area contributed by atoms with Crippen LogP contribution in [0, 0.1) is 11.8 Å². The van der Waals surface area contributed by atoms with Crippen LogP contribution in [0.4, 0.5) is 4.79 Å². The number of rotatable bonds is 4. The molecular weight excluding hydrogens is 256 g/mol. The number of aliphatic hydroxyl groups excluding tert-OH is 1. The van der Waals surface area contributed by atoms with E-state index in [9.17, 15) is 9.90 Å². The van der Waals surface area contributed by atoms with E-state index in [1.807, 2.05) is 6.92 Å². The average molecular weight is 284 g/mol. The SMILES string of the molecule is COC(=O)NC1CC(C(C)O)CN(CC2CCCC2)C1. The average Bonchev–Trinajstić information content (AvgIpc) is 2.91. The number of nitrogens with one attached hydrogen (secondary N) is 1. The molecule has 0 aromatic carbocycles. The maximum Gasteiger partial charge on any atom is 0.407 e. The molecule has 1 aliphatic carbocycles. The zero-order chi connectivity index (χ0) is 14.5. The monoisotopic (exact) mass is 284 g/mol. The second-order valence-electron chi connectivity index (χ2n) is 6.44. The van der Waals surface area contributed by atoms with Crippen LogP contribution in [-0.2, 0) is 4.74 Å². The fourth-order valence-electron chi connectivity index (χ4n) is 3.62. The summed E-state index contributed by atoms with van der Waals surface area (Å²) in [6, 6.07) is 0.0807. The number of hydrogen-bond donors (Lipinski definition) is 2. The van der Waals surface area contributed by atoms with Gasteiger partial charge in [-0.05, 0) is 38.0 Å². The van der Waals surface area contributed by atoms with Gasteiger partial charge in [0, 0.05) is 25.7 Å². The lowest BCUT2D eigenvalue weighted by atomic mass is 9.89. The molecular formula is C15H28N2O3. The highest BCUT2D eigenvalue weighted by Gasteiger charge is 2.32. The molecule has 1 saturated carbocycles. The molecule has 5 heteroatoms. The number of methoxy groups -OCH3 is 1. The zero-order valence-corrected chi connectivity index (χ0v) is 12.7. The van der Waals surface area contributed by atoms with Crippen LogP contribution >= 0.6 is 0 Å². The maximum atomic E-state index is 11.4. The molecule has 1 saturated heterocycles. The lowest BCUT2D eigenvalue weighted by molar-refractivity contribution is 0.0412. The van der Waals surface area contributed by atoms with Crippen LogP contribution in [0.25, 0.3) is 0 Å². The van der Waals surface area contributed by atoms with Crippen molar-refractivity contribution in [1.82, 2.24) is 10.2 Å². The minimum absolute atomic E-state index is 0.0807. The van der Waals surface area contributed by atoms with Gasteiger partial charge in [-0.3, -0.25) is 0 Å². The van der Waals surface area contributed by atoms with E-state index in [1.165, 1.54) is 32.8 Å². The van der Waals surface area contributed by atoms with Crippen molar-refractivity contribution in [3.63, 3.8) is 0 Å². The van der Waals surface area contributed by atoms with Crippen LogP contribution in [0.3, 0.4) is 0 Å². The fraction of sp³-hybridized carbons (Fsp3) is 0.933. The number of ether oxygens (including phenoxy) is 1. The molecule has 5 nitrogen and oxygen atoms in total. The van der Waals surface area contributed by atoms with Gasteiger partial charge in [0.1, 0.15) is 0 Å². The van der Waals surface area contributed by atoms with Gasteiger partial charge in [0.25, 0.3) is 0 Å². The van der Waals surface area contributed by atoms with Gasteiger partial charge in [0.2, 0.25) is 0 Å². The quantitative estimate of drug-likeness (QED) is 0.823. The molecule has 1 heterocycles. The molecule has 0 bridgehead atoms. The highest BCUT2D eigenvalue weighted by molar-refractivity contribution is 5.67. The van der Waals surface area contributed by atoms with E-state index in [-0.39, 0.29) is 24.2 Å². The van der Waals surface area contributed by atoms with E-state index in [0.29, 0.717) is 0 Å². The largest absolute Gasteiger partial charge is 0.453 e. The number of hydrogen-bond acceptors (Lipinski definition) is 4. The molecule has 2 N–H and O–H groups in total. The Morgan fingerprint density at radius 3 is 2.70 bits per heavy atom. The summed E-state index contributed by atoms with van der Waals surface area (Å²) in [6.07, 6.45) is 5.47. The van der Waals surface area contributed by atoms with Crippen molar-refractivity contribution >= 4 is 6.09 Å². The van der Waals surface area contributed by atoms with E-state index in [0.717, 1.165) is 32.0 Å². The van der Waals surface area contributed by atoms with Crippen LogP contribution in [0.15, 0.2) is 0 Å². The normalized spacial score (nSPS) is 30.1. The number of likely N-dealkylation sites (tertiary alicyclic amines) is 1. The van der Waals surface area contributed by atoms with Crippen molar-refractivity contribution in [3.8, 4) is 0 Å². The van der Waals surface area contributed by atoms with Gasteiger partial charge in [-0.2, -0.15) is 0 Å². The summed E-state index contributed by atoms with van der Waals surface area (Å²) in [5.74, 6) is 1.02. The Bertz CT molecular complexity index is 314. The van der Waals surface area contributed by atoms with E-state index >= 15 is 0 Å². The predicted molar refractivity (Wildman–Crippen MR) is 77.5 cm³/mol. The smallest absolute Gasteiger partial charge is 0.407 e. The van der Waals surface area contributed by atoms with Gasteiger partial charge in [0.15, 0.2) is 0 Å². The van der Waals surface area contributed by atoms with Crippen molar-refractivity contribution < 1.29 is 14.6 Å². The molecule has 0 aromatic rings. The first kappa shape index (κ1) is 15.6. The molecule has 2 aliphatic rings. The van der Waals surface area contributed by atoms with Crippen LogP contribution < -0.4 is 5.32 Å². The summed E-state index contributed by atoms with van der Waals surface area (Å²) < 4.78 is 4.69. The molecule has 1 aliphatic heterocycles. The van der Waals surface area contributed by atoms with Crippen LogP contribution in [0.5, 0.6) is 0 Å². The van der Waals surface area contributed by atoms with Crippen LogP contribution in [-0.4, -0.2) is 55.0 Å². The zero-order valence-electron chi connectivity index (χ0n) is 12.7. The number of carbonyl (C=O) groups excluding carboxylic acids is 1. The third-order valence-corrected chi connectivity index (χ3v) is 4.74. The summed E-state index contributed by atoms with van der Waals surface area (Å²) in [6.45, 7) is 4.75. The lowest BCUT2D eigenvalue weighted by Gasteiger charge is -2.40. The Morgan fingerprint density at radius 2 is 2.10 bits per heavy atom. The molecule has 1 amide bonds. The molecule has 2 fully saturated rings. The van der Waals surface area contributed by atoms with Crippen molar-refractivity contribution in [2.24, 2.45) is 11.8 Å². The standard InChI is InChI=1S/C15H28N2O3/c1-11(18)13-7-14(16-15(19)20-2)10-17(9-13)8-12-5-3-4-6-12/h11-14,18H,3-10H2,1-2H3,(H,16,19). The van der Waals surface area contributed by atoms with Crippen molar-refractivity contribution in [1.29, 1.82) is 0 Å². The fourth-order valence-corrected chi connectivity index (χ4v) is 3.62. The molecule has 3 unspecified atom stereocenters. The third-order valence-electron chi connectivity index (χ3n) is 4.74. The molecule has 0 radical (unpaired) electrons. The highest BCUT2D eigenvalue weighted by atomic mass is 16.5. The van der Waals surface area contributed by atoms with E-state index in [1.54, 1.807) is 0 Å². The highest BCUT2D eigenvalue weighted by Crippen LogP contribution is 2.28. The minimum Gasteiger partial charge on any atom is -0.453 e. The third kappa shape index (κ3) is 4.35. The number of aliphatic hydroxyl groups is 1. The molecule has 2 rings (SSSR count). The van der Waals surface area contributed by atoms with Gasteiger partial charge < -0.3 is 20.1 Å². The van der Waals surface area contributed by atoms with Crippen molar-refractivity contribution in [3.05, 3.63) is 0 Å². The number of piperidine rings is 1. The Labute approximate surface area is 121 Å². The van der Waals surface area contributed by atoms with Gasteiger partial charge in [-0.1, -0.05) is 12.8 Å². The van der Waals surface area contributed by atoms with Gasteiger partial charge in [0.05, 0.1) is 13.2 Å². The first-order chi connectivity index (χ1) is 9.58. The maximum absolute atomic E-state index is 11.4. The van der Waals surface area contributed by atoms with Crippen molar-refractivity contribution in [2.75, 3.05) is 26.7 Å². The lowest BCUT2D eigenvalue weighted by Crippen LogP contribution is -2.53. The minimum atomic E-state index is -0.373. The Hall–Kier alpha value is -0.810. The molecule has 3 atom stereocenters. The molecule has 20 heavy (non-hydrogen) atoms. The number of nitrogens with zero attached hydrogens (tertiary/aromatic N) is 1. The Morgan fingerprint density at radius 1 is 1.40 bits per heavy atom. The number of amides is 1. The van der Waals surface area contributed by atoms with Crippen molar-refractivity contribution in [2.45, 2.75) is 51.2 Å². The summed E-state index contributed by atoms with van der Waals surface area (Å²) in [5.41, 5.74) is 0. The van der Waals surface area contributed by atoms with E-state index < -0.39 is 0 Å². The summed E-state index contributed by atoms with van der Waals surface area (Å²) in [5, 5.41) is 12.8. The Balaban J connectivity index is 1.90. The second-order valence-corrected chi connectivity index (χ2v) is 6.44. The topological polar surface area (TPSA) is 61.8 Å². The van der Waals surface area contributed by atoms with Gasteiger partial charge >= 0.3 is 6.09 Å². The first-order valence-electron chi connectivity index (χ1n) is 7.83. The van der Waals surface area contributed by atoms with Gasteiger partial charge in [-0.15, -0.1) is 0 Å². The summed E-state index contributed by atoms with van der Waals surface area (Å²) >= 11 is 0. The first-order valence-corrected chi connectivity index (χ1v) is 7.83. The Kier molecular flexibility index (Phi) is 5.66. The molecule has 0 aromatic heterocycles. The summed E-state index contributed by atoms with van der Waals surface area (Å²) in [4.78, 5) is 13.8. The number of carbonyl (C=O) groups is 1. The van der Waals surface area contributed by atoms with Crippen LogP contribution in [0.1, 0.15) is 39.0 Å². The summed E-state index contributed by atoms with van der Waals surface area (Å²) in [7, 11) is 1.39. The van der Waals surface area contributed by atoms with E-state index in [4.69, 9.17) is 0 Å². The molecule has 0 spiro atoms. The van der Waals surface area contributed by atoms with Gasteiger partial charge in [-0.25, -0.2) is 4.79 Å². The predicted octanol–water partition coefficient (Wildman–Crippen LogP) is 1.60. The second kappa shape index (κ2) is 7.27.